The van der Waals surface area contributed by atoms with Crippen molar-refractivity contribution in [2.24, 2.45) is 0 Å². The van der Waals surface area contributed by atoms with E-state index in [1.54, 1.807) is 12.1 Å². The van der Waals surface area contributed by atoms with Crippen molar-refractivity contribution >= 4 is 17.7 Å². The third-order valence-corrected chi connectivity index (χ3v) is 5.75. The number of hydrogen-bond acceptors (Lipinski definition) is 6. The van der Waals surface area contributed by atoms with Crippen LogP contribution in [0.4, 0.5) is 4.39 Å². The van der Waals surface area contributed by atoms with E-state index in [2.05, 4.69) is 36.3 Å². The summed E-state index contributed by atoms with van der Waals surface area (Å²) in [4.78, 5) is 12.1. The molecule has 32 heavy (non-hydrogen) atoms. The minimum atomic E-state index is -0.275. The topological polar surface area (TPSA) is 95.1 Å². The quantitative estimate of drug-likeness (QED) is 0.377. The van der Waals surface area contributed by atoms with E-state index < -0.39 is 0 Å². The van der Waals surface area contributed by atoms with Crippen LogP contribution in [0.3, 0.4) is 0 Å². The van der Waals surface area contributed by atoms with Crippen LogP contribution in [-0.4, -0.2) is 33.1 Å². The first-order chi connectivity index (χ1) is 15.2. The summed E-state index contributed by atoms with van der Waals surface area (Å²) < 4.78 is 20.0. The highest BCUT2D eigenvalue weighted by atomic mass is 32.2. The van der Waals surface area contributed by atoms with Crippen LogP contribution in [-0.2, 0) is 23.2 Å². The van der Waals surface area contributed by atoms with Crippen molar-refractivity contribution in [3.63, 3.8) is 0 Å². The monoisotopic (exact) mass is 457 g/mol. The lowest BCUT2D eigenvalue weighted by Gasteiger charge is -2.19. The Morgan fingerprint density at radius 3 is 2.47 bits per heavy atom. The summed E-state index contributed by atoms with van der Waals surface area (Å²) in [5.41, 5.74) is 2.26. The maximum atomic E-state index is 12.9. The summed E-state index contributed by atoms with van der Waals surface area (Å²) in [6.07, 6.45) is 0.627. The van der Waals surface area contributed by atoms with E-state index in [1.807, 2.05) is 24.3 Å². The fourth-order valence-corrected chi connectivity index (χ4v) is 3.59. The third kappa shape index (κ3) is 6.71. The number of nitrogen functional groups attached to an aromatic ring is 1. The molecule has 0 fully saturated rings. The average molecular weight is 458 g/mol. The van der Waals surface area contributed by atoms with Crippen molar-refractivity contribution in [1.29, 1.82) is 0 Å². The number of aromatic nitrogens is 3. The zero-order chi connectivity index (χ0) is 23.1. The van der Waals surface area contributed by atoms with Gasteiger partial charge in [0, 0.05) is 6.54 Å². The van der Waals surface area contributed by atoms with Gasteiger partial charge >= 0.3 is 0 Å². The van der Waals surface area contributed by atoms with Crippen LogP contribution in [0.15, 0.2) is 53.7 Å². The van der Waals surface area contributed by atoms with Crippen LogP contribution in [0.1, 0.15) is 37.7 Å². The Bertz CT molecular complexity index is 1030. The molecular formula is C23H28FN5O2S. The molecule has 1 amide bonds. The molecule has 3 aromatic rings. The molecule has 170 valence electrons. The summed E-state index contributed by atoms with van der Waals surface area (Å²) in [5, 5.41) is 11.4. The van der Waals surface area contributed by atoms with Crippen molar-refractivity contribution in [2.45, 2.75) is 44.4 Å². The molecule has 0 atom stereocenters. The number of thioether (sulfide) groups is 1. The lowest BCUT2D eigenvalue weighted by Crippen LogP contribution is -2.27. The third-order valence-electron chi connectivity index (χ3n) is 4.80. The SMILES string of the molecule is CC(C)(C)c1ccc(OCc2nnc(SCC(=O)NCCc3ccc(F)cc3)n2N)cc1. The van der Waals surface area contributed by atoms with Crippen molar-refractivity contribution < 1.29 is 13.9 Å². The maximum absolute atomic E-state index is 12.9. The van der Waals surface area contributed by atoms with E-state index in [9.17, 15) is 9.18 Å². The Kier molecular flexibility index (Phi) is 7.74. The van der Waals surface area contributed by atoms with Crippen LogP contribution in [0.25, 0.3) is 0 Å². The molecule has 0 radical (unpaired) electrons. The summed E-state index contributed by atoms with van der Waals surface area (Å²) in [6.45, 7) is 7.11. The molecule has 0 aliphatic heterocycles. The Hall–Kier alpha value is -3.07. The second-order valence-electron chi connectivity index (χ2n) is 8.35. The lowest BCUT2D eigenvalue weighted by atomic mass is 9.87. The molecule has 0 bridgehead atoms. The van der Waals surface area contributed by atoms with Crippen LogP contribution in [0.2, 0.25) is 0 Å². The van der Waals surface area contributed by atoms with Gasteiger partial charge in [0.1, 0.15) is 18.2 Å². The average Bonchev–Trinajstić information content (AvgIpc) is 3.11. The first-order valence-corrected chi connectivity index (χ1v) is 11.3. The van der Waals surface area contributed by atoms with E-state index in [0.29, 0.717) is 23.9 Å². The number of nitrogens with zero attached hydrogens (tertiary/aromatic N) is 3. The largest absolute Gasteiger partial charge is 0.486 e. The number of amides is 1. The standard InChI is InChI=1S/C23H28FN5O2S/c1-23(2,3)17-6-10-19(11-7-17)31-14-20-27-28-22(29(20)25)32-15-21(30)26-13-12-16-4-8-18(24)9-5-16/h4-11H,12-15,25H2,1-3H3,(H,26,30). The minimum Gasteiger partial charge on any atom is -0.486 e. The molecule has 1 aromatic heterocycles. The normalized spacial score (nSPS) is 11.4. The van der Waals surface area contributed by atoms with Gasteiger partial charge in [0.25, 0.3) is 0 Å². The number of nitrogens with one attached hydrogen (secondary N) is 1. The number of halogens is 1. The number of rotatable bonds is 9. The molecular weight excluding hydrogens is 429 g/mol. The minimum absolute atomic E-state index is 0.0787. The number of carbonyl (C=O) groups excluding carboxylic acids is 1. The Morgan fingerprint density at radius 2 is 1.81 bits per heavy atom. The summed E-state index contributed by atoms with van der Waals surface area (Å²) >= 11 is 1.20. The van der Waals surface area contributed by atoms with Gasteiger partial charge in [0.15, 0.2) is 5.82 Å². The summed E-state index contributed by atoms with van der Waals surface area (Å²) in [6, 6.07) is 14.1. The van der Waals surface area contributed by atoms with Crippen LogP contribution in [0.5, 0.6) is 5.75 Å². The fourth-order valence-electron chi connectivity index (χ4n) is 2.88. The molecule has 3 rings (SSSR count). The number of ether oxygens (including phenoxy) is 1. The number of benzene rings is 2. The molecule has 0 saturated carbocycles. The molecule has 3 N–H and O–H groups in total. The second kappa shape index (κ2) is 10.5. The van der Waals surface area contributed by atoms with E-state index in [0.717, 1.165) is 11.3 Å². The highest BCUT2D eigenvalue weighted by Crippen LogP contribution is 2.24. The molecule has 0 aliphatic carbocycles. The van der Waals surface area contributed by atoms with Gasteiger partial charge in [-0.3, -0.25) is 4.79 Å². The van der Waals surface area contributed by atoms with E-state index in [-0.39, 0.29) is 29.5 Å². The predicted molar refractivity (Wildman–Crippen MR) is 123 cm³/mol. The Labute approximate surface area is 191 Å². The van der Waals surface area contributed by atoms with Gasteiger partial charge in [-0.1, -0.05) is 56.8 Å². The van der Waals surface area contributed by atoms with Crippen molar-refractivity contribution in [1.82, 2.24) is 20.2 Å². The smallest absolute Gasteiger partial charge is 0.230 e. The van der Waals surface area contributed by atoms with Crippen LogP contribution < -0.4 is 15.9 Å². The van der Waals surface area contributed by atoms with Gasteiger partial charge in [0.2, 0.25) is 11.1 Å². The Morgan fingerprint density at radius 1 is 1.12 bits per heavy atom. The van der Waals surface area contributed by atoms with Gasteiger partial charge in [-0.25, -0.2) is 9.07 Å². The van der Waals surface area contributed by atoms with Gasteiger partial charge in [-0.15, -0.1) is 10.2 Å². The van der Waals surface area contributed by atoms with E-state index in [1.165, 1.54) is 34.1 Å². The lowest BCUT2D eigenvalue weighted by molar-refractivity contribution is -0.118. The van der Waals surface area contributed by atoms with Crippen LogP contribution >= 0.6 is 11.8 Å². The molecule has 9 heteroatoms. The molecule has 0 unspecified atom stereocenters. The summed E-state index contributed by atoms with van der Waals surface area (Å²) in [5.74, 6) is 6.98. The van der Waals surface area contributed by atoms with Crippen molar-refractivity contribution in [2.75, 3.05) is 18.1 Å². The number of nitrogens with two attached hydrogens (primary N) is 1. The van der Waals surface area contributed by atoms with Crippen LogP contribution in [0, 0.1) is 5.82 Å². The predicted octanol–water partition coefficient (Wildman–Crippen LogP) is 3.46. The molecule has 2 aromatic carbocycles. The molecule has 1 heterocycles. The number of carbonyl (C=O) groups is 1. The maximum Gasteiger partial charge on any atom is 0.230 e. The second-order valence-corrected chi connectivity index (χ2v) is 9.29. The van der Waals surface area contributed by atoms with Gasteiger partial charge in [-0.2, -0.15) is 0 Å². The van der Waals surface area contributed by atoms with Gasteiger partial charge in [0.05, 0.1) is 5.75 Å². The van der Waals surface area contributed by atoms with E-state index >= 15 is 0 Å². The fraction of sp³-hybridized carbons (Fsp3) is 0.348. The van der Waals surface area contributed by atoms with Crippen molar-refractivity contribution in [3.05, 3.63) is 71.3 Å². The first kappa shape index (κ1) is 23.6. The van der Waals surface area contributed by atoms with Gasteiger partial charge in [-0.05, 0) is 47.2 Å². The zero-order valence-electron chi connectivity index (χ0n) is 18.5. The highest BCUT2D eigenvalue weighted by Gasteiger charge is 2.15. The highest BCUT2D eigenvalue weighted by molar-refractivity contribution is 7.99. The molecule has 0 saturated heterocycles. The van der Waals surface area contributed by atoms with E-state index in [4.69, 9.17) is 10.6 Å². The summed E-state index contributed by atoms with van der Waals surface area (Å²) in [7, 11) is 0. The van der Waals surface area contributed by atoms with Crippen molar-refractivity contribution in [3.8, 4) is 5.75 Å². The van der Waals surface area contributed by atoms with Gasteiger partial charge < -0.3 is 15.9 Å². The molecule has 0 spiro atoms. The zero-order valence-corrected chi connectivity index (χ0v) is 19.3. The first-order valence-electron chi connectivity index (χ1n) is 10.3. The molecule has 7 nitrogen and oxygen atoms in total. The number of hydrogen-bond donors (Lipinski definition) is 2. The Balaban J connectivity index is 1.43. The molecule has 0 aliphatic rings.